The number of hydrogen-bond donors (Lipinski definition) is 1. The number of esters is 1. The lowest BCUT2D eigenvalue weighted by atomic mass is 10.0. The number of nitrogens with zero attached hydrogens (tertiary/aromatic N) is 1. The zero-order valence-electron chi connectivity index (χ0n) is 15.4. The fourth-order valence-corrected chi connectivity index (χ4v) is 5.23. The number of anilines is 1. The molecule has 0 saturated carbocycles. The molecule has 0 unspecified atom stereocenters. The van der Waals surface area contributed by atoms with Crippen molar-refractivity contribution in [1.82, 2.24) is 4.90 Å². The third-order valence-corrected chi connectivity index (χ3v) is 6.87. The highest BCUT2D eigenvalue weighted by Crippen LogP contribution is 2.38. The molecular formula is C19H21ClN2O3S2. The summed E-state index contributed by atoms with van der Waals surface area (Å²) in [6, 6.07) is 7.37. The van der Waals surface area contributed by atoms with Gasteiger partial charge in [-0.15, -0.1) is 23.1 Å². The standard InChI is InChI=1S/C19H21ClN2O3S2/c1-11(26-13-6-4-12(20)5-7-13)17(23)21-18-16(19(24)25-3)14-8-9-22(2)10-15(14)27-18/h4-7,11H,8-10H2,1-3H3,(H,21,23)/t11-/m0/s1. The molecule has 2 aromatic rings. The Labute approximate surface area is 172 Å². The van der Waals surface area contributed by atoms with Crippen LogP contribution in [0.25, 0.3) is 0 Å². The summed E-state index contributed by atoms with van der Waals surface area (Å²) in [7, 11) is 3.41. The molecule has 0 fully saturated rings. The summed E-state index contributed by atoms with van der Waals surface area (Å²) < 4.78 is 4.96. The highest BCUT2D eigenvalue weighted by Gasteiger charge is 2.29. The Balaban J connectivity index is 1.78. The number of carbonyl (C=O) groups excluding carboxylic acids is 2. The number of methoxy groups -OCH3 is 1. The van der Waals surface area contributed by atoms with Crippen molar-refractivity contribution < 1.29 is 14.3 Å². The van der Waals surface area contributed by atoms with E-state index in [0.717, 1.165) is 34.8 Å². The first kappa shape index (κ1) is 20.2. The second-order valence-electron chi connectivity index (χ2n) is 6.39. The smallest absolute Gasteiger partial charge is 0.341 e. The summed E-state index contributed by atoms with van der Waals surface area (Å²) in [6.45, 7) is 3.49. The van der Waals surface area contributed by atoms with Gasteiger partial charge in [-0.05, 0) is 50.2 Å². The van der Waals surface area contributed by atoms with E-state index in [1.807, 2.05) is 26.1 Å². The van der Waals surface area contributed by atoms with Gasteiger partial charge >= 0.3 is 5.97 Å². The van der Waals surface area contributed by atoms with Crippen molar-refractivity contribution in [1.29, 1.82) is 0 Å². The minimum absolute atomic E-state index is 0.146. The maximum Gasteiger partial charge on any atom is 0.341 e. The molecule has 1 amide bonds. The van der Waals surface area contributed by atoms with Crippen molar-refractivity contribution in [2.75, 3.05) is 26.0 Å². The largest absolute Gasteiger partial charge is 0.465 e. The van der Waals surface area contributed by atoms with Gasteiger partial charge in [0.25, 0.3) is 0 Å². The van der Waals surface area contributed by atoms with E-state index >= 15 is 0 Å². The molecule has 0 aliphatic carbocycles. The van der Waals surface area contributed by atoms with E-state index in [4.69, 9.17) is 16.3 Å². The molecule has 5 nitrogen and oxygen atoms in total. The Morgan fingerprint density at radius 2 is 2.04 bits per heavy atom. The van der Waals surface area contributed by atoms with Crippen LogP contribution >= 0.6 is 34.7 Å². The van der Waals surface area contributed by atoms with Gasteiger partial charge in [-0.2, -0.15) is 0 Å². The number of benzene rings is 1. The molecule has 1 N–H and O–H groups in total. The lowest BCUT2D eigenvalue weighted by Crippen LogP contribution is -2.26. The number of amides is 1. The predicted octanol–water partition coefficient (Wildman–Crippen LogP) is 4.30. The lowest BCUT2D eigenvalue weighted by Gasteiger charge is -2.22. The van der Waals surface area contributed by atoms with E-state index in [1.54, 1.807) is 12.1 Å². The molecule has 0 spiro atoms. The average molecular weight is 425 g/mol. The van der Waals surface area contributed by atoms with Gasteiger partial charge in [0.1, 0.15) is 5.00 Å². The predicted molar refractivity (Wildman–Crippen MR) is 111 cm³/mol. The summed E-state index contributed by atoms with van der Waals surface area (Å²) in [5.74, 6) is -0.544. The van der Waals surface area contributed by atoms with Crippen LogP contribution in [0.4, 0.5) is 5.00 Å². The van der Waals surface area contributed by atoms with Crippen LogP contribution in [0.2, 0.25) is 5.02 Å². The zero-order chi connectivity index (χ0) is 19.6. The highest BCUT2D eigenvalue weighted by molar-refractivity contribution is 8.00. The topological polar surface area (TPSA) is 58.6 Å². The van der Waals surface area contributed by atoms with Crippen molar-refractivity contribution in [2.24, 2.45) is 0 Å². The molecule has 2 heterocycles. The van der Waals surface area contributed by atoms with Crippen molar-refractivity contribution in [3.05, 3.63) is 45.3 Å². The molecule has 1 aliphatic heterocycles. The van der Waals surface area contributed by atoms with Crippen molar-refractivity contribution in [3.63, 3.8) is 0 Å². The van der Waals surface area contributed by atoms with E-state index < -0.39 is 5.97 Å². The number of thiophene rings is 1. The fourth-order valence-electron chi connectivity index (χ4n) is 2.92. The molecule has 3 rings (SSSR count). The molecule has 27 heavy (non-hydrogen) atoms. The van der Waals surface area contributed by atoms with Crippen LogP contribution in [0, 0.1) is 0 Å². The van der Waals surface area contributed by atoms with Crippen molar-refractivity contribution in [2.45, 2.75) is 30.0 Å². The van der Waals surface area contributed by atoms with Gasteiger partial charge in [-0.25, -0.2) is 4.79 Å². The summed E-state index contributed by atoms with van der Waals surface area (Å²) in [4.78, 5) is 29.3. The molecule has 0 bridgehead atoms. The van der Waals surface area contributed by atoms with Crippen LogP contribution in [0.5, 0.6) is 0 Å². The van der Waals surface area contributed by atoms with Crippen LogP contribution in [-0.2, 0) is 22.5 Å². The third-order valence-electron chi connectivity index (χ3n) is 4.37. The van der Waals surface area contributed by atoms with E-state index in [1.165, 1.54) is 30.2 Å². The number of ether oxygens (including phenoxy) is 1. The SMILES string of the molecule is COC(=O)c1c(NC(=O)[C@H](C)Sc2ccc(Cl)cc2)sc2c1CCN(C)C2. The Kier molecular flexibility index (Phi) is 6.47. The molecule has 0 radical (unpaired) electrons. The lowest BCUT2D eigenvalue weighted by molar-refractivity contribution is -0.115. The van der Waals surface area contributed by atoms with Crippen LogP contribution in [0.15, 0.2) is 29.2 Å². The van der Waals surface area contributed by atoms with Gasteiger partial charge in [0.05, 0.1) is 17.9 Å². The number of carbonyl (C=O) groups is 2. The van der Waals surface area contributed by atoms with Crippen LogP contribution < -0.4 is 5.32 Å². The highest BCUT2D eigenvalue weighted by atomic mass is 35.5. The number of likely N-dealkylation sites (N-methyl/N-ethyl adjacent to an activating group) is 1. The summed E-state index contributed by atoms with van der Waals surface area (Å²) in [6.07, 6.45) is 0.776. The quantitative estimate of drug-likeness (QED) is 0.573. The number of fused-ring (bicyclic) bond motifs is 1. The molecule has 1 aliphatic rings. The van der Waals surface area contributed by atoms with Gasteiger partial charge in [0.15, 0.2) is 0 Å². The number of thioether (sulfide) groups is 1. The second kappa shape index (κ2) is 8.65. The first-order valence-corrected chi connectivity index (χ1v) is 10.6. The maximum absolute atomic E-state index is 12.7. The molecule has 144 valence electrons. The maximum atomic E-state index is 12.7. The van der Waals surface area contributed by atoms with E-state index in [-0.39, 0.29) is 11.2 Å². The molecule has 8 heteroatoms. The van der Waals surface area contributed by atoms with E-state index in [0.29, 0.717) is 15.6 Å². The normalized spacial score (nSPS) is 15.1. The Morgan fingerprint density at radius 3 is 2.70 bits per heavy atom. The average Bonchev–Trinajstić information content (AvgIpc) is 2.99. The minimum Gasteiger partial charge on any atom is -0.465 e. The fraction of sp³-hybridized carbons (Fsp3) is 0.368. The first-order chi connectivity index (χ1) is 12.9. The monoisotopic (exact) mass is 424 g/mol. The Hall–Kier alpha value is -1.54. The third kappa shape index (κ3) is 4.66. The van der Waals surface area contributed by atoms with Crippen LogP contribution in [0.3, 0.4) is 0 Å². The summed E-state index contributed by atoms with van der Waals surface area (Å²) in [5, 5.41) is 3.86. The first-order valence-electron chi connectivity index (χ1n) is 8.53. The van der Waals surface area contributed by atoms with Gasteiger partial charge < -0.3 is 15.0 Å². The molecule has 1 atom stereocenters. The molecule has 1 aromatic heterocycles. The minimum atomic E-state index is -0.398. The van der Waals surface area contributed by atoms with Crippen molar-refractivity contribution >= 4 is 51.6 Å². The van der Waals surface area contributed by atoms with Gasteiger partial charge in [-0.1, -0.05) is 11.6 Å². The number of nitrogens with one attached hydrogen (secondary N) is 1. The number of hydrogen-bond acceptors (Lipinski definition) is 6. The molecule has 1 aromatic carbocycles. The number of halogens is 1. The second-order valence-corrected chi connectivity index (χ2v) is 9.35. The van der Waals surface area contributed by atoms with Crippen molar-refractivity contribution in [3.8, 4) is 0 Å². The molecular weight excluding hydrogens is 404 g/mol. The summed E-state index contributed by atoms with van der Waals surface area (Å²) >= 11 is 8.81. The molecule has 0 saturated heterocycles. The van der Waals surface area contributed by atoms with Crippen LogP contribution in [0.1, 0.15) is 27.7 Å². The van der Waals surface area contributed by atoms with Gasteiger partial charge in [0, 0.05) is 27.9 Å². The zero-order valence-corrected chi connectivity index (χ0v) is 17.8. The van der Waals surface area contributed by atoms with E-state index in [2.05, 4.69) is 10.2 Å². The van der Waals surface area contributed by atoms with Crippen LogP contribution in [-0.4, -0.2) is 42.7 Å². The van der Waals surface area contributed by atoms with Gasteiger partial charge in [0.2, 0.25) is 5.91 Å². The van der Waals surface area contributed by atoms with E-state index in [9.17, 15) is 9.59 Å². The summed E-state index contributed by atoms with van der Waals surface area (Å²) in [5.41, 5.74) is 1.50. The van der Waals surface area contributed by atoms with Gasteiger partial charge in [-0.3, -0.25) is 4.79 Å². The number of rotatable bonds is 5. The Bertz CT molecular complexity index is 851. The Morgan fingerprint density at radius 1 is 1.33 bits per heavy atom.